The quantitative estimate of drug-likeness (QED) is 0.642. The lowest BCUT2D eigenvalue weighted by Crippen LogP contribution is -2.21. The molecular weight excluding hydrogens is 196 g/mol. The van der Waals surface area contributed by atoms with Gasteiger partial charge in [0, 0.05) is 5.56 Å². The first-order valence-corrected chi connectivity index (χ1v) is 5.92. The van der Waals surface area contributed by atoms with Crippen molar-refractivity contribution in [3.63, 3.8) is 0 Å². The second kappa shape index (κ2) is 3.51. The number of fused-ring (bicyclic) bond motifs is 3. The summed E-state index contributed by atoms with van der Waals surface area (Å²) in [7, 11) is 0. The van der Waals surface area contributed by atoms with Crippen molar-refractivity contribution >= 4 is 10.8 Å². The van der Waals surface area contributed by atoms with Crippen LogP contribution >= 0.6 is 0 Å². The van der Waals surface area contributed by atoms with Gasteiger partial charge in [-0.25, -0.2) is 0 Å². The fourth-order valence-corrected chi connectivity index (χ4v) is 2.52. The Bertz CT molecular complexity index is 530. The number of ether oxygens (including phenoxy) is 1. The molecule has 1 heterocycles. The molecule has 0 aromatic heterocycles. The van der Waals surface area contributed by atoms with Gasteiger partial charge < -0.3 is 4.74 Å². The summed E-state index contributed by atoms with van der Waals surface area (Å²) in [5.74, 6) is 2.25. The molecule has 2 unspecified atom stereocenters. The first-order chi connectivity index (χ1) is 7.77. The molecule has 2 aromatic rings. The molecule has 1 nitrogen and oxygen atoms in total. The Morgan fingerprint density at radius 3 is 2.75 bits per heavy atom. The molecule has 0 radical (unpaired) electrons. The Morgan fingerprint density at radius 2 is 1.88 bits per heavy atom. The molecule has 1 aliphatic heterocycles. The highest BCUT2D eigenvalue weighted by atomic mass is 16.5. The van der Waals surface area contributed by atoms with Crippen LogP contribution in [-0.2, 0) is 0 Å². The normalized spacial score (nSPS) is 23.9. The average Bonchev–Trinajstić information content (AvgIpc) is 2.33. The second-order valence-corrected chi connectivity index (χ2v) is 4.78. The largest absolute Gasteiger partial charge is 0.493 e. The third-order valence-electron chi connectivity index (χ3n) is 3.74. The van der Waals surface area contributed by atoms with Crippen LogP contribution in [0, 0.1) is 5.92 Å². The van der Waals surface area contributed by atoms with Crippen LogP contribution in [-0.4, -0.2) is 6.61 Å². The highest BCUT2D eigenvalue weighted by molar-refractivity contribution is 5.88. The van der Waals surface area contributed by atoms with Crippen molar-refractivity contribution in [2.75, 3.05) is 6.61 Å². The molecule has 0 aliphatic carbocycles. The minimum absolute atomic E-state index is 0.579. The minimum Gasteiger partial charge on any atom is -0.493 e. The maximum Gasteiger partial charge on any atom is 0.123 e. The number of rotatable bonds is 0. The van der Waals surface area contributed by atoms with Crippen LogP contribution in [0.2, 0.25) is 0 Å². The van der Waals surface area contributed by atoms with E-state index in [-0.39, 0.29) is 0 Å². The van der Waals surface area contributed by atoms with Crippen molar-refractivity contribution in [3.05, 3.63) is 42.0 Å². The van der Waals surface area contributed by atoms with E-state index in [9.17, 15) is 0 Å². The van der Waals surface area contributed by atoms with Gasteiger partial charge in [0.15, 0.2) is 0 Å². The highest BCUT2D eigenvalue weighted by Crippen LogP contribution is 2.40. The summed E-state index contributed by atoms with van der Waals surface area (Å²) in [5, 5.41) is 2.66. The van der Waals surface area contributed by atoms with Crippen LogP contribution in [0.4, 0.5) is 0 Å². The lowest BCUT2D eigenvalue weighted by Gasteiger charge is -2.30. The predicted molar refractivity (Wildman–Crippen MR) is 67.0 cm³/mol. The van der Waals surface area contributed by atoms with Gasteiger partial charge in [-0.2, -0.15) is 0 Å². The van der Waals surface area contributed by atoms with Crippen LogP contribution in [0.3, 0.4) is 0 Å². The summed E-state index contributed by atoms with van der Waals surface area (Å²) in [5.41, 5.74) is 1.39. The zero-order chi connectivity index (χ0) is 11.1. The Balaban J connectivity index is 2.32. The minimum atomic E-state index is 0.579. The predicted octanol–water partition coefficient (Wildman–Crippen LogP) is 3.97. The summed E-state index contributed by atoms with van der Waals surface area (Å²) >= 11 is 0. The molecule has 0 amide bonds. The van der Waals surface area contributed by atoms with Crippen LogP contribution in [0.1, 0.15) is 25.3 Å². The molecule has 2 atom stereocenters. The van der Waals surface area contributed by atoms with Crippen molar-refractivity contribution < 1.29 is 4.74 Å². The summed E-state index contributed by atoms with van der Waals surface area (Å²) < 4.78 is 5.81. The lowest BCUT2D eigenvalue weighted by atomic mass is 9.84. The van der Waals surface area contributed by atoms with E-state index in [1.54, 1.807) is 0 Å². The standard InChI is InChI=1S/C15H16O/c1-10-9-16-14-8-7-12-5-3-4-6-13(12)15(14)11(10)2/h3-8,10-11H,9H2,1-2H3. The Morgan fingerprint density at radius 1 is 1.06 bits per heavy atom. The van der Waals surface area contributed by atoms with Gasteiger partial charge in [0.1, 0.15) is 5.75 Å². The fourth-order valence-electron chi connectivity index (χ4n) is 2.52. The zero-order valence-corrected chi connectivity index (χ0v) is 9.73. The first kappa shape index (κ1) is 9.71. The molecule has 0 saturated heterocycles. The molecule has 3 rings (SSSR count). The lowest BCUT2D eigenvalue weighted by molar-refractivity contribution is 0.213. The SMILES string of the molecule is CC1COc2ccc3ccccc3c2C1C. The van der Waals surface area contributed by atoms with Gasteiger partial charge in [-0.05, 0) is 28.7 Å². The molecule has 0 fully saturated rings. The van der Waals surface area contributed by atoms with Crippen molar-refractivity contribution in [1.82, 2.24) is 0 Å². The molecular formula is C15H16O. The molecule has 1 heteroatoms. The third-order valence-corrected chi connectivity index (χ3v) is 3.74. The van der Waals surface area contributed by atoms with Crippen LogP contribution in [0.5, 0.6) is 5.75 Å². The molecule has 0 bridgehead atoms. The van der Waals surface area contributed by atoms with Crippen molar-refractivity contribution in [3.8, 4) is 5.75 Å². The van der Waals surface area contributed by atoms with Gasteiger partial charge in [0.05, 0.1) is 6.61 Å². The Kier molecular flexibility index (Phi) is 2.13. The summed E-state index contributed by atoms with van der Waals surface area (Å²) in [6.45, 7) is 5.40. The van der Waals surface area contributed by atoms with Crippen molar-refractivity contribution in [2.45, 2.75) is 19.8 Å². The highest BCUT2D eigenvalue weighted by Gasteiger charge is 2.25. The van der Waals surface area contributed by atoms with E-state index in [2.05, 4.69) is 50.2 Å². The smallest absolute Gasteiger partial charge is 0.123 e. The maximum atomic E-state index is 5.81. The Labute approximate surface area is 96.0 Å². The molecule has 16 heavy (non-hydrogen) atoms. The Hall–Kier alpha value is -1.50. The van der Waals surface area contributed by atoms with E-state index >= 15 is 0 Å². The molecule has 0 saturated carbocycles. The molecule has 0 N–H and O–H groups in total. The van der Waals surface area contributed by atoms with Gasteiger partial charge in [0.25, 0.3) is 0 Å². The van der Waals surface area contributed by atoms with E-state index in [4.69, 9.17) is 4.74 Å². The molecule has 1 aliphatic rings. The van der Waals surface area contributed by atoms with E-state index in [0.29, 0.717) is 11.8 Å². The monoisotopic (exact) mass is 212 g/mol. The topological polar surface area (TPSA) is 9.23 Å². The van der Waals surface area contributed by atoms with E-state index in [1.165, 1.54) is 16.3 Å². The van der Waals surface area contributed by atoms with Gasteiger partial charge in [0.2, 0.25) is 0 Å². The average molecular weight is 212 g/mol. The van der Waals surface area contributed by atoms with Gasteiger partial charge in [-0.1, -0.05) is 44.2 Å². The number of benzene rings is 2. The maximum absolute atomic E-state index is 5.81. The summed E-state index contributed by atoms with van der Waals surface area (Å²) in [6, 6.07) is 12.8. The van der Waals surface area contributed by atoms with Gasteiger partial charge in [-0.3, -0.25) is 0 Å². The van der Waals surface area contributed by atoms with Crippen LogP contribution in [0.15, 0.2) is 36.4 Å². The molecule has 2 aromatic carbocycles. The molecule has 82 valence electrons. The number of hydrogen-bond acceptors (Lipinski definition) is 1. The second-order valence-electron chi connectivity index (χ2n) is 4.78. The van der Waals surface area contributed by atoms with E-state index < -0.39 is 0 Å². The van der Waals surface area contributed by atoms with Crippen LogP contribution < -0.4 is 4.74 Å². The fraction of sp³-hybridized carbons (Fsp3) is 0.333. The van der Waals surface area contributed by atoms with E-state index in [0.717, 1.165) is 12.4 Å². The molecule has 0 spiro atoms. The van der Waals surface area contributed by atoms with Crippen LogP contribution in [0.25, 0.3) is 10.8 Å². The zero-order valence-electron chi connectivity index (χ0n) is 9.73. The van der Waals surface area contributed by atoms with Crippen molar-refractivity contribution in [1.29, 1.82) is 0 Å². The van der Waals surface area contributed by atoms with E-state index in [1.807, 2.05) is 0 Å². The summed E-state index contributed by atoms with van der Waals surface area (Å²) in [6.07, 6.45) is 0. The van der Waals surface area contributed by atoms with Gasteiger partial charge in [-0.15, -0.1) is 0 Å². The van der Waals surface area contributed by atoms with Gasteiger partial charge >= 0.3 is 0 Å². The van der Waals surface area contributed by atoms with Crippen molar-refractivity contribution in [2.24, 2.45) is 5.92 Å². The third kappa shape index (κ3) is 1.31. The summed E-state index contributed by atoms with van der Waals surface area (Å²) in [4.78, 5) is 0. The first-order valence-electron chi connectivity index (χ1n) is 5.92. The number of hydrogen-bond donors (Lipinski definition) is 0.